The van der Waals surface area contributed by atoms with Gasteiger partial charge < -0.3 is 39.1 Å². The van der Waals surface area contributed by atoms with E-state index in [2.05, 4.69) is 10.6 Å². The first-order valence-corrected chi connectivity index (χ1v) is 12.9. The van der Waals surface area contributed by atoms with Gasteiger partial charge in [-0.25, -0.2) is 0 Å². The Hall–Kier alpha value is -1.70. The van der Waals surface area contributed by atoms with Gasteiger partial charge in [-0.05, 0) is 41.5 Å². The molecular weight excluding hydrogens is 535 g/mol. The standard InChI is InChI=1S/C23H40Cl2N2O10/c1-9-32-16(5)34-18(12-24)22(7,26-14(3)28)36-20(30)11-21(31)37-23(8,27-15(4)29)19(13-25)35-17(6)33-10-2/h16-19H,9-13H2,1-8H3,(H,26,28)(H,27,29)/t16?,17?,18-,19-,22?,23?/m1/s1. The van der Waals surface area contributed by atoms with E-state index < -0.39 is 66.4 Å². The first kappa shape index (κ1) is 35.3. The summed E-state index contributed by atoms with van der Waals surface area (Å²) >= 11 is 12.1. The molecule has 0 aromatic heterocycles. The highest BCUT2D eigenvalue weighted by atomic mass is 35.5. The second kappa shape index (κ2) is 17.0. The Kier molecular flexibility index (Phi) is 16.2. The van der Waals surface area contributed by atoms with E-state index in [0.29, 0.717) is 13.2 Å². The number of halogens is 2. The molecule has 0 aromatic rings. The molecule has 4 unspecified atom stereocenters. The van der Waals surface area contributed by atoms with Gasteiger partial charge in [0, 0.05) is 27.1 Å². The van der Waals surface area contributed by atoms with Crippen molar-refractivity contribution < 1.29 is 47.6 Å². The normalized spacial score (nSPS) is 17.8. The third-order valence-corrected chi connectivity index (χ3v) is 5.37. The summed E-state index contributed by atoms with van der Waals surface area (Å²) in [6.07, 6.45) is -4.39. The van der Waals surface area contributed by atoms with Crippen LogP contribution in [0.4, 0.5) is 0 Å². The van der Waals surface area contributed by atoms with Crippen molar-refractivity contribution >= 4 is 47.0 Å². The van der Waals surface area contributed by atoms with Gasteiger partial charge in [0.05, 0.1) is 11.8 Å². The molecule has 216 valence electrons. The van der Waals surface area contributed by atoms with E-state index in [4.69, 9.17) is 51.6 Å². The van der Waals surface area contributed by atoms with E-state index in [1.807, 2.05) is 0 Å². The molecule has 0 saturated carbocycles. The van der Waals surface area contributed by atoms with E-state index in [9.17, 15) is 19.2 Å². The van der Waals surface area contributed by atoms with Gasteiger partial charge in [0.15, 0.2) is 12.6 Å². The second-order valence-electron chi connectivity index (χ2n) is 8.31. The predicted octanol–water partition coefficient (Wildman–Crippen LogP) is 2.18. The van der Waals surface area contributed by atoms with Crippen molar-refractivity contribution in [3.63, 3.8) is 0 Å². The fourth-order valence-corrected chi connectivity index (χ4v) is 4.08. The Morgan fingerprint density at radius 3 is 1.30 bits per heavy atom. The number of rotatable bonds is 18. The van der Waals surface area contributed by atoms with E-state index in [0.717, 1.165) is 0 Å². The van der Waals surface area contributed by atoms with Crippen LogP contribution in [0.3, 0.4) is 0 Å². The predicted molar refractivity (Wildman–Crippen MR) is 135 cm³/mol. The van der Waals surface area contributed by atoms with Crippen LogP contribution >= 0.6 is 23.2 Å². The maximum absolute atomic E-state index is 12.7. The number of amides is 2. The van der Waals surface area contributed by atoms with Crippen LogP contribution in [0.15, 0.2) is 0 Å². The number of hydrogen-bond donors (Lipinski definition) is 2. The topological polar surface area (TPSA) is 148 Å². The number of carbonyl (C=O) groups excluding carboxylic acids is 4. The first-order valence-electron chi connectivity index (χ1n) is 11.8. The molecule has 2 N–H and O–H groups in total. The monoisotopic (exact) mass is 574 g/mol. The van der Waals surface area contributed by atoms with Crippen LogP contribution in [0.25, 0.3) is 0 Å². The number of carbonyl (C=O) groups is 4. The molecule has 0 aliphatic heterocycles. The van der Waals surface area contributed by atoms with Gasteiger partial charge >= 0.3 is 11.9 Å². The molecule has 0 fully saturated rings. The Balaban J connectivity index is 5.65. The maximum atomic E-state index is 12.7. The molecule has 0 spiro atoms. The largest absolute Gasteiger partial charge is 0.436 e. The average molecular weight is 575 g/mol. The summed E-state index contributed by atoms with van der Waals surface area (Å²) in [4.78, 5) is 49.1. The van der Waals surface area contributed by atoms with Crippen LogP contribution in [-0.4, -0.2) is 85.0 Å². The lowest BCUT2D eigenvalue weighted by Gasteiger charge is -2.38. The quantitative estimate of drug-likeness (QED) is 0.108. The summed E-state index contributed by atoms with van der Waals surface area (Å²) < 4.78 is 32.9. The molecule has 6 atom stereocenters. The third kappa shape index (κ3) is 13.1. The Morgan fingerprint density at radius 1 is 0.730 bits per heavy atom. The lowest BCUT2D eigenvalue weighted by molar-refractivity contribution is -0.224. The van der Waals surface area contributed by atoms with Crippen molar-refractivity contribution in [3.05, 3.63) is 0 Å². The van der Waals surface area contributed by atoms with E-state index >= 15 is 0 Å². The molecule has 0 rings (SSSR count). The van der Waals surface area contributed by atoms with Gasteiger partial charge in [-0.15, -0.1) is 23.2 Å². The Morgan fingerprint density at radius 2 is 1.05 bits per heavy atom. The van der Waals surface area contributed by atoms with Gasteiger partial charge in [-0.2, -0.15) is 0 Å². The van der Waals surface area contributed by atoms with Crippen LogP contribution in [0.1, 0.15) is 61.8 Å². The van der Waals surface area contributed by atoms with Crippen molar-refractivity contribution in [2.75, 3.05) is 25.0 Å². The van der Waals surface area contributed by atoms with Crippen molar-refractivity contribution in [3.8, 4) is 0 Å². The lowest BCUT2D eigenvalue weighted by Crippen LogP contribution is -2.60. The summed E-state index contributed by atoms with van der Waals surface area (Å²) in [5.74, 6) is -3.55. The fraction of sp³-hybridized carbons (Fsp3) is 0.826. The molecule has 0 radical (unpaired) electrons. The van der Waals surface area contributed by atoms with Gasteiger partial charge in [-0.3, -0.25) is 19.2 Å². The first-order chi connectivity index (χ1) is 17.2. The smallest absolute Gasteiger partial charge is 0.319 e. The summed E-state index contributed by atoms with van der Waals surface area (Å²) in [6.45, 7) is 12.6. The zero-order chi connectivity index (χ0) is 28.8. The Labute approximate surface area is 228 Å². The number of nitrogens with one attached hydrogen (secondary N) is 2. The number of hydrogen-bond acceptors (Lipinski definition) is 10. The van der Waals surface area contributed by atoms with Gasteiger partial charge in [0.1, 0.15) is 18.6 Å². The third-order valence-electron chi connectivity index (χ3n) is 4.81. The van der Waals surface area contributed by atoms with Crippen LogP contribution < -0.4 is 10.6 Å². The van der Waals surface area contributed by atoms with Crippen LogP contribution in [0, 0.1) is 0 Å². The van der Waals surface area contributed by atoms with Crippen LogP contribution in [0.5, 0.6) is 0 Å². The highest BCUT2D eigenvalue weighted by Gasteiger charge is 2.43. The van der Waals surface area contributed by atoms with Gasteiger partial charge in [-0.1, -0.05) is 0 Å². The summed E-state index contributed by atoms with van der Waals surface area (Å²) in [5, 5.41) is 4.97. The number of alkyl halides is 2. The average Bonchev–Trinajstić information content (AvgIpc) is 2.74. The highest BCUT2D eigenvalue weighted by Crippen LogP contribution is 2.23. The highest BCUT2D eigenvalue weighted by molar-refractivity contribution is 6.18. The summed E-state index contributed by atoms with van der Waals surface area (Å²) in [7, 11) is 0. The molecule has 0 saturated heterocycles. The molecule has 12 nitrogen and oxygen atoms in total. The number of esters is 2. The van der Waals surface area contributed by atoms with Gasteiger partial charge in [0.25, 0.3) is 0 Å². The lowest BCUT2D eigenvalue weighted by atomic mass is 10.1. The van der Waals surface area contributed by atoms with Crippen molar-refractivity contribution in [2.24, 2.45) is 0 Å². The molecule has 0 aliphatic rings. The summed E-state index contributed by atoms with van der Waals surface area (Å²) in [5.41, 5.74) is -3.49. The number of ether oxygens (including phenoxy) is 6. The van der Waals surface area contributed by atoms with Crippen molar-refractivity contribution in [1.29, 1.82) is 0 Å². The SMILES string of the molecule is CCOC(C)O[C@H](CCl)C(C)(NC(C)=O)OC(=O)CC(=O)OC(C)(NC(C)=O)[C@@H](CCl)OC(C)OCC. The molecule has 0 aliphatic carbocycles. The maximum Gasteiger partial charge on any atom is 0.319 e. The minimum atomic E-state index is -1.74. The van der Waals surface area contributed by atoms with Crippen molar-refractivity contribution in [1.82, 2.24) is 10.6 Å². The zero-order valence-electron chi connectivity index (χ0n) is 22.7. The van der Waals surface area contributed by atoms with Crippen molar-refractivity contribution in [2.45, 2.75) is 98.0 Å². The zero-order valence-corrected chi connectivity index (χ0v) is 24.2. The molecule has 2 amide bonds. The van der Waals surface area contributed by atoms with Crippen LogP contribution in [-0.2, 0) is 47.6 Å². The van der Waals surface area contributed by atoms with Crippen LogP contribution in [0.2, 0.25) is 0 Å². The summed E-state index contributed by atoms with van der Waals surface area (Å²) in [6, 6.07) is 0. The minimum absolute atomic E-state index is 0.181. The van der Waals surface area contributed by atoms with E-state index in [1.165, 1.54) is 27.7 Å². The molecule has 0 bridgehead atoms. The van der Waals surface area contributed by atoms with Gasteiger partial charge in [0.2, 0.25) is 23.3 Å². The Bertz CT molecular complexity index is 699. The van der Waals surface area contributed by atoms with E-state index in [1.54, 1.807) is 27.7 Å². The fourth-order valence-electron chi connectivity index (χ4n) is 3.34. The molecule has 14 heteroatoms. The van der Waals surface area contributed by atoms with E-state index in [-0.39, 0.29) is 11.8 Å². The molecule has 37 heavy (non-hydrogen) atoms. The second-order valence-corrected chi connectivity index (χ2v) is 8.92. The molecule has 0 heterocycles. The molecule has 0 aromatic carbocycles. The molecular formula is C23H40Cl2N2O10. The minimum Gasteiger partial charge on any atom is -0.436 e.